The van der Waals surface area contributed by atoms with E-state index in [2.05, 4.69) is 0 Å². The molecule has 12 heavy (non-hydrogen) atoms. The number of thiophene rings is 1. The minimum absolute atomic E-state index is 0.0726. The Morgan fingerprint density at radius 1 is 1.75 bits per heavy atom. The van der Waals surface area contributed by atoms with Crippen LogP contribution in [0.25, 0.3) is 0 Å². The third-order valence-corrected chi connectivity index (χ3v) is 2.83. The van der Waals surface area contributed by atoms with Crippen LogP contribution in [0.15, 0.2) is 17.5 Å². The highest BCUT2D eigenvalue weighted by Gasteiger charge is 2.33. The number of hydrogen-bond acceptors (Lipinski definition) is 3. The average molecular weight is 182 g/mol. The maximum Gasteiger partial charge on any atom is 0.241 e. The van der Waals surface area contributed by atoms with Gasteiger partial charge in [0, 0.05) is 11.4 Å². The van der Waals surface area contributed by atoms with E-state index in [9.17, 15) is 4.79 Å². The number of nitrogens with two attached hydrogens (primary N) is 1. The summed E-state index contributed by atoms with van der Waals surface area (Å²) in [6, 6.07) is 3.77. The van der Waals surface area contributed by atoms with Crippen LogP contribution in [0.2, 0.25) is 0 Å². The van der Waals surface area contributed by atoms with Gasteiger partial charge in [0.25, 0.3) is 0 Å². The SMILES string of the molecule is NC1CN(Cc2cccs2)C1=O. The van der Waals surface area contributed by atoms with Gasteiger partial charge in [-0.15, -0.1) is 11.3 Å². The summed E-state index contributed by atoms with van der Waals surface area (Å²) in [5.74, 6) is 0.0726. The van der Waals surface area contributed by atoms with Gasteiger partial charge in [-0.1, -0.05) is 6.07 Å². The van der Waals surface area contributed by atoms with E-state index in [1.54, 1.807) is 16.2 Å². The number of nitrogens with zero attached hydrogens (tertiary/aromatic N) is 1. The Labute approximate surface area is 74.8 Å². The second-order valence-electron chi connectivity index (χ2n) is 2.90. The number of β-lactam (4-membered cyclic amide) rings is 1. The molecule has 64 valence electrons. The topological polar surface area (TPSA) is 46.3 Å². The number of hydrogen-bond donors (Lipinski definition) is 1. The van der Waals surface area contributed by atoms with Crippen molar-refractivity contribution in [1.82, 2.24) is 4.90 Å². The molecule has 2 heterocycles. The molecule has 0 bridgehead atoms. The molecule has 1 aliphatic rings. The lowest BCUT2D eigenvalue weighted by molar-refractivity contribution is -0.143. The number of carbonyl (C=O) groups excluding carboxylic acids is 1. The predicted molar refractivity (Wildman–Crippen MR) is 47.7 cm³/mol. The van der Waals surface area contributed by atoms with Crippen molar-refractivity contribution in [1.29, 1.82) is 0 Å². The zero-order chi connectivity index (χ0) is 8.55. The van der Waals surface area contributed by atoms with Crippen molar-refractivity contribution < 1.29 is 4.79 Å². The van der Waals surface area contributed by atoms with E-state index in [1.807, 2.05) is 17.5 Å². The number of rotatable bonds is 2. The van der Waals surface area contributed by atoms with E-state index in [0.29, 0.717) is 6.54 Å². The standard InChI is InChI=1S/C8H10N2OS/c9-7-5-10(8(7)11)4-6-2-1-3-12-6/h1-3,7H,4-5,9H2. The Morgan fingerprint density at radius 3 is 3.08 bits per heavy atom. The molecule has 1 saturated heterocycles. The minimum Gasteiger partial charge on any atom is -0.334 e. The maximum absolute atomic E-state index is 11.1. The third-order valence-electron chi connectivity index (χ3n) is 1.97. The Morgan fingerprint density at radius 2 is 2.58 bits per heavy atom. The van der Waals surface area contributed by atoms with Crippen molar-refractivity contribution in [3.8, 4) is 0 Å². The fourth-order valence-corrected chi connectivity index (χ4v) is 1.98. The Balaban J connectivity index is 1.94. The van der Waals surface area contributed by atoms with Crippen LogP contribution in [0, 0.1) is 0 Å². The summed E-state index contributed by atoms with van der Waals surface area (Å²) in [6.07, 6.45) is 0. The number of carbonyl (C=O) groups is 1. The molecule has 0 radical (unpaired) electrons. The van der Waals surface area contributed by atoms with E-state index in [1.165, 1.54) is 4.88 Å². The molecule has 1 atom stereocenters. The smallest absolute Gasteiger partial charge is 0.241 e. The molecule has 0 aliphatic carbocycles. The molecular formula is C8H10N2OS. The fraction of sp³-hybridized carbons (Fsp3) is 0.375. The number of amides is 1. The molecule has 1 amide bonds. The summed E-state index contributed by atoms with van der Waals surface area (Å²) in [5.41, 5.74) is 5.45. The second-order valence-corrected chi connectivity index (χ2v) is 3.94. The summed E-state index contributed by atoms with van der Waals surface area (Å²) in [5, 5.41) is 2.01. The molecule has 0 saturated carbocycles. The fourth-order valence-electron chi connectivity index (χ4n) is 1.26. The summed E-state index contributed by atoms with van der Waals surface area (Å²) in [7, 11) is 0. The molecule has 4 heteroatoms. The van der Waals surface area contributed by atoms with Crippen LogP contribution in [-0.2, 0) is 11.3 Å². The van der Waals surface area contributed by atoms with Crippen LogP contribution < -0.4 is 5.73 Å². The van der Waals surface area contributed by atoms with Gasteiger partial charge in [-0.2, -0.15) is 0 Å². The van der Waals surface area contributed by atoms with Gasteiger partial charge in [-0.3, -0.25) is 4.79 Å². The van der Waals surface area contributed by atoms with Crippen molar-refractivity contribution in [2.45, 2.75) is 12.6 Å². The molecule has 2 N–H and O–H groups in total. The van der Waals surface area contributed by atoms with Crippen molar-refractivity contribution in [2.24, 2.45) is 5.73 Å². The van der Waals surface area contributed by atoms with Gasteiger partial charge >= 0.3 is 0 Å². The zero-order valence-corrected chi connectivity index (χ0v) is 7.38. The molecular weight excluding hydrogens is 172 g/mol. The average Bonchev–Trinajstić information content (AvgIpc) is 2.56. The van der Waals surface area contributed by atoms with Gasteiger partial charge in [0.2, 0.25) is 5.91 Å². The lowest BCUT2D eigenvalue weighted by Gasteiger charge is -2.35. The third kappa shape index (κ3) is 1.23. The lowest BCUT2D eigenvalue weighted by atomic mass is 10.1. The van der Waals surface area contributed by atoms with Gasteiger partial charge in [0.15, 0.2) is 0 Å². The molecule has 0 aromatic carbocycles. The Hall–Kier alpha value is -0.870. The van der Waals surface area contributed by atoms with Crippen molar-refractivity contribution in [3.05, 3.63) is 22.4 Å². The predicted octanol–water partition coefficient (Wildman–Crippen LogP) is 0.418. The molecule has 1 fully saturated rings. The van der Waals surface area contributed by atoms with Crippen LogP contribution in [0.3, 0.4) is 0 Å². The van der Waals surface area contributed by atoms with Crippen LogP contribution in [-0.4, -0.2) is 23.4 Å². The van der Waals surface area contributed by atoms with Gasteiger partial charge in [0.05, 0.1) is 6.54 Å². The highest BCUT2D eigenvalue weighted by Crippen LogP contribution is 2.16. The zero-order valence-electron chi connectivity index (χ0n) is 6.56. The van der Waals surface area contributed by atoms with E-state index >= 15 is 0 Å². The van der Waals surface area contributed by atoms with E-state index in [4.69, 9.17) is 5.73 Å². The van der Waals surface area contributed by atoms with E-state index in [0.717, 1.165) is 6.54 Å². The monoisotopic (exact) mass is 182 g/mol. The van der Waals surface area contributed by atoms with Crippen LogP contribution >= 0.6 is 11.3 Å². The van der Waals surface area contributed by atoms with Crippen LogP contribution in [0.1, 0.15) is 4.88 Å². The highest BCUT2D eigenvalue weighted by atomic mass is 32.1. The molecule has 3 nitrogen and oxygen atoms in total. The summed E-state index contributed by atoms with van der Waals surface area (Å²) < 4.78 is 0. The van der Waals surface area contributed by atoms with Gasteiger partial charge in [-0.25, -0.2) is 0 Å². The van der Waals surface area contributed by atoms with E-state index in [-0.39, 0.29) is 11.9 Å². The quantitative estimate of drug-likeness (QED) is 0.674. The molecule has 1 unspecified atom stereocenters. The second kappa shape index (κ2) is 2.88. The maximum atomic E-state index is 11.1. The minimum atomic E-state index is -0.245. The number of likely N-dealkylation sites (tertiary alicyclic amines) is 1. The first kappa shape index (κ1) is 7.76. The summed E-state index contributed by atoms with van der Waals surface area (Å²) in [4.78, 5) is 14.1. The van der Waals surface area contributed by atoms with Crippen LogP contribution in [0.5, 0.6) is 0 Å². The normalized spacial score (nSPS) is 22.6. The highest BCUT2D eigenvalue weighted by molar-refractivity contribution is 7.09. The lowest BCUT2D eigenvalue weighted by Crippen LogP contribution is -2.60. The van der Waals surface area contributed by atoms with Crippen LogP contribution in [0.4, 0.5) is 0 Å². The van der Waals surface area contributed by atoms with Gasteiger partial charge < -0.3 is 10.6 Å². The first-order valence-electron chi connectivity index (χ1n) is 3.84. The summed E-state index contributed by atoms with van der Waals surface area (Å²) in [6.45, 7) is 1.43. The van der Waals surface area contributed by atoms with Crippen molar-refractivity contribution in [2.75, 3.05) is 6.54 Å². The first-order valence-corrected chi connectivity index (χ1v) is 4.72. The molecule has 1 aromatic rings. The van der Waals surface area contributed by atoms with E-state index < -0.39 is 0 Å². The molecule has 2 rings (SSSR count). The van der Waals surface area contributed by atoms with Crippen molar-refractivity contribution >= 4 is 17.2 Å². The van der Waals surface area contributed by atoms with Crippen molar-refractivity contribution in [3.63, 3.8) is 0 Å². The molecule has 1 aromatic heterocycles. The molecule has 1 aliphatic heterocycles. The Bertz CT molecular complexity index is 283. The molecule has 0 spiro atoms. The first-order chi connectivity index (χ1) is 5.77. The largest absolute Gasteiger partial charge is 0.334 e. The Kier molecular flexibility index (Phi) is 1.86. The van der Waals surface area contributed by atoms with Gasteiger partial charge in [-0.05, 0) is 11.4 Å². The summed E-state index contributed by atoms with van der Waals surface area (Å²) >= 11 is 1.67. The van der Waals surface area contributed by atoms with Gasteiger partial charge in [0.1, 0.15) is 6.04 Å².